The van der Waals surface area contributed by atoms with Crippen LogP contribution in [-0.4, -0.2) is 30.6 Å². The summed E-state index contributed by atoms with van der Waals surface area (Å²) in [7, 11) is 2.25. The molecule has 1 fully saturated rings. The molecule has 2 rings (SSSR count). The number of rotatable bonds is 6. The monoisotopic (exact) mass is 246 g/mol. The highest BCUT2D eigenvalue weighted by molar-refractivity contribution is 5.14. The van der Waals surface area contributed by atoms with Gasteiger partial charge in [0, 0.05) is 12.1 Å². The summed E-state index contributed by atoms with van der Waals surface area (Å²) in [5.41, 5.74) is 7.76. The number of hydrogen-bond donors (Lipinski definition) is 1. The fourth-order valence-electron chi connectivity index (χ4n) is 3.18. The average molecular weight is 246 g/mol. The second-order valence-corrected chi connectivity index (χ2v) is 5.65. The molecule has 100 valence electrons. The minimum absolute atomic E-state index is 0.302. The van der Waals surface area contributed by atoms with Gasteiger partial charge in [0.2, 0.25) is 0 Å². The Kier molecular flexibility index (Phi) is 4.79. The molecule has 0 radical (unpaired) electrons. The Bertz CT molecular complexity index is 341. The van der Waals surface area contributed by atoms with Crippen molar-refractivity contribution in [1.29, 1.82) is 0 Å². The smallest absolute Gasteiger partial charge is 0.0328 e. The molecule has 1 aliphatic carbocycles. The zero-order valence-corrected chi connectivity index (χ0v) is 11.6. The first kappa shape index (κ1) is 13.6. The number of hydrogen-bond acceptors (Lipinski definition) is 2. The van der Waals surface area contributed by atoms with E-state index in [0.717, 1.165) is 13.1 Å². The van der Waals surface area contributed by atoms with Crippen molar-refractivity contribution in [2.75, 3.05) is 20.1 Å². The van der Waals surface area contributed by atoms with Crippen LogP contribution in [-0.2, 0) is 6.42 Å². The molecule has 0 atom stereocenters. The summed E-state index contributed by atoms with van der Waals surface area (Å²) in [5, 5.41) is 0. The highest BCUT2D eigenvalue weighted by Gasteiger charge is 2.35. The normalized spacial score (nSPS) is 18.4. The number of benzene rings is 1. The van der Waals surface area contributed by atoms with Crippen molar-refractivity contribution >= 4 is 0 Å². The third kappa shape index (κ3) is 3.12. The van der Waals surface area contributed by atoms with Crippen LogP contribution in [0.5, 0.6) is 0 Å². The Morgan fingerprint density at radius 1 is 1.17 bits per heavy atom. The maximum atomic E-state index is 6.01. The summed E-state index contributed by atoms with van der Waals surface area (Å²) >= 11 is 0. The Balaban J connectivity index is 1.79. The van der Waals surface area contributed by atoms with Gasteiger partial charge in [0.05, 0.1) is 0 Å². The molecule has 1 aliphatic rings. The fourth-order valence-corrected chi connectivity index (χ4v) is 3.18. The zero-order valence-electron chi connectivity index (χ0n) is 11.6. The first-order valence-corrected chi connectivity index (χ1v) is 7.22. The SMILES string of the molecule is CN(CCCc1ccccc1)C1(CN)CCCC1. The van der Waals surface area contributed by atoms with E-state index in [-0.39, 0.29) is 0 Å². The lowest BCUT2D eigenvalue weighted by Gasteiger charge is -2.38. The van der Waals surface area contributed by atoms with Gasteiger partial charge in [-0.25, -0.2) is 0 Å². The van der Waals surface area contributed by atoms with Crippen molar-refractivity contribution in [3.63, 3.8) is 0 Å². The summed E-state index contributed by atoms with van der Waals surface area (Å²) in [6, 6.07) is 10.8. The van der Waals surface area contributed by atoms with Crippen LogP contribution in [0.15, 0.2) is 30.3 Å². The van der Waals surface area contributed by atoms with Crippen LogP contribution < -0.4 is 5.73 Å². The average Bonchev–Trinajstić information content (AvgIpc) is 2.90. The first-order chi connectivity index (χ1) is 8.77. The lowest BCUT2D eigenvalue weighted by molar-refractivity contribution is 0.130. The third-order valence-electron chi connectivity index (χ3n) is 4.53. The maximum absolute atomic E-state index is 6.01. The summed E-state index contributed by atoms with van der Waals surface area (Å²) in [5.74, 6) is 0. The van der Waals surface area contributed by atoms with Crippen molar-refractivity contribution in [2.24, 2.45) is 5.73 Å². The molecule has 2 nitrogen and oxygen atoms in total. The van der Waals surface area contributed by atoms with Gasteiger partial charge in [-0.3, -0.25) is 4.90 Å². The third-order valence-corrected chi connectivity index (χ3v) is 4.53. The van der Waals surface area contributed by atoms with Gasteiger partial charge in [-0.05, 0) is 44.8 Å². The highest BCUT2D eigenvalue weighted by atomic mass is 15.2. The van der Waals surface area contributed by atoms with Gasteiger partial charge < -0.3 is 5.73 Å². The molecule has 0 saturated heterocycles. The zero-order chi connectivity index (χ0) is 12.8. The largest absolute Gasteiger partial charge is 0.329 e. The molecule has 0 amide bonds. The van der Waals surface area contributed by atoms with E-state index >= 15 is 0 Å². The summed E-state index contributed by atoms with van der Waals surface area (Å²) in [6.45, 7) is 1.97. The Labute approximate surface area is 111 Å². The molecule has 0 aliphatic heterocycles. The van der Waals surface area contributed by atoms with Crippen LogP contribution in [0.2, 0.25) is 0 Å². The van der Waals surface area contributed by atoms with Crippen molar-refractivity contribution in [1.82, 2.24) is 4.90 Å². The predicted molar refractivity (Wildman–Crippen MR) is 77.6 cm³/mol. The van der Waals surface area contributed by atoms with Gasteiger partial charge in [-0.15, -0.1) is 0 Å². The van der Waals surface area contributed by atoms with Gasteiger partial charge in [0.25, 0.3) is 0 Å². The second-order valence-electron chi connectivity index (χ2n) is 5.65. The van der Waals surface area contributed by atoms with Gasteiger partial charge in [0.15, 0.2) is 0 Å². The topological polar surface area (TPSA) is 29.3 Å². The molecule has 0 heterocycles. The number of nitrogens with two attached hydrogens (primary N) is 1. The van der Waals surface area contributed by atoms with E-state index in [1.807, 2.05) is 0 Å². The Morgan fingerprint density at radius 2 is 1.83 bits per heavy atom. The van der Waals surface area contributed by atoms with Crippen LogP contribution in [0.3, 0.4) is 0 Å². The molecular formula is C16H26N2. The van der Waals surface area contributed by atoms with E-state index in [9.17, 15) is 0 Å². The van der Waals surface area contributed by atoms with E-state index in [1.165, 1.54) is 44.1 Å². The minimum Gasteiger partial charge on any atom is -0.329 e. The van der Waals surface area contributed by atoms with Gasteiger partial charge in [-0.2, -0.15) is 0 Å². The summed E-state index contributed by atoms with van der Waals surface area (Å²) in [6.07, 6.45) is 7.66. The lowest BCUT2D eigenvalue weighted by atomic mass is 9.95. The second kappa shape index (κ2) is 6.35. The summed E-state index contributed by atoms with van der Waals surface area (Å²) < 4.78 is 0. The Hall–Kier alpha value is -0.860. The van der Waals surface area contributed by atoms with Crippen molar-refractivity contribution in [3.05, 3.63) is 35.9 Å². The van der Waals surface area contributed by atoms with Crippen LogP contribution >= 0.6 is 0 Å². The van der Waals surface area contributed by atoms with Crippen LogP contribution in [0.1, 0.15) is 37.7 Å². The predicted octanol–water partition coefficient (Wildman–Crippen LogP) is 2.82. The van der Waals surface area contributed by atoms with Gasteiger partial charge in [0.1, 0.15) is 0 Å². The molecule has 2 N–H and O–H groups in total. The van der Waals surface area contributed by atoms with Crippen LogP contribution in [0, 0.1) is 0 Å². The van der Waals surface area contributed by atoms with Crippen molar-refractivity contribution in [2.45, 2.75) is 44.1 Å². The molecule has 0 spiro atoms. The van der Waals surface area contributed by atoms with Crippen LogP contribution in [0.25, 0.3) is 0 Å². The molecule has 1 aromatic rings. The standard InChI is InChI=1S/C16H26N2/c1-18(16(14-17)11-5-6-12-16)13-7-10-15-8-3-2-4-9-15/h2-4,8-9H,5-7,10-14,17H2,1H3. The van der Waals surface area contributed by atoms with Crippen molar-refractivity contribution < 1.29 is 0 Å². The van der Waals surface area contributed by atoms with Crippen molar-refractivity contribution in [3.8, 4) is 0 Å². The van der Waals surface area contributed by atoms with E-state index in [4.69, 9.17) is 5.73 Å². The fraction of sp³-hybridized carbons (Fsp3) is 0.625. The number of aryl methyl sites for hydroxylation is 1. The molecule has 18 heavy (non-hydrogen) atoms. The molecule has 1 saturated carbocycles. The van der Waals surface area contributed by atoms with E-state index < -0.39 is 0 Å². The van der Waals surface area contributed by atoms with Gasteiger partial charge >= 0.3 is 0 Å². The minimum atomic E-state index is 0.302. The first-order valence-electron chi connectivity index (χ1n) is 7.22. The molecule has 2 heteroatoms. The number of nitrogens with zero attached hydrogens (tertiary/aromatic N) is 1. The highest BCUT2D eigenvalue weighted by Crippen LogP contribution is 2.33. The lowest BCUT2D eigenvalue weighted by Crippen LogP contribution is -2.50. The molecule has 0 unspecified atom stereocenters. The maximum Gasteiger partial charge on any atom is 0.0328 e. The van der Waals surface area contributed by atoms with E-state index in [1.54, 1.807) is 0 Å². The quantitative estimate of drug-likeness (QED) is 0.836. The van der Waals surface area contributed by atoms with E-state index in [2.05, 4.69) is 42.3 Å². The van der Waals surface area contributed by atoms with Gasteiger partial charge in [-0.1, -0.05) is 43.2 Å². The number of likely N-dealkylation sites (N-methyl/N-ethyl adjacent to an activating group) is 1. The van der Waals surface area contributed by atoms with Crippen LogP contribution in [0.4, 0.5) is 0 Å². The molecule has 0 aromatic heterocycles. The molecular weight excluding hydrogens is 220 g/mol. The molecule has 1 aromatic carbocycles. The Morgan fingerprint density at radius 3 is 2.44 bits per heavy atom. The molecule has 0 bridgehead atoms. The summed E-state index contributed by atoms with van der Waals surface area (Å²) in [4.78, 5) is 2.52. The van der Waals surface area contributed by atoms with E-state index in [0.29, 0.717) is 5.54 Å².